The van der Waals surface area contributed by atoms with Crippen molar-refractivity contribution in [2.45, 2.75) is 26.2 Å². The van der Waals surface area contributed by atoms with Gasteiger partial charge in [0, 0.05) is 17.8 Å². The van der Waals surface area contributed by atoms with E-state index in [4.69, 9.17) is 5.73 Å². The first kappa shape index (κ1) is 12.7. The highest BCUT2D eigenvalue weighted by Gasteiger charge is 2.10. The Morgan fingerprint density at radius 3 is 2.62 bits per heavy atom. The van der Waals surface area contributed by atoms with Crippen molar-refractivity contribution in [2.75, 3.05) is 6.54 Å². The van der Waals surface area contributed by atoms with Gasteiger partial charge in [-0.05, 0) is 18.1 Å². The lowest BCUT2D eigenvalue weighted by Gasteiger charge is -2.01. The lowest BCUT2D eigenvalue weighted by Crippen LogP contribution is -2.27. The van der Waals surface area contributed by atoms with Crippen molar-refractivity contribution in [3.63, 3.8) is 0 Å². The van der Waals surface area contributed by atoms with Gasteiger partial charge in [-0.15, -0.1) is 11.3 Å². The van der Waals surface area contributed by atoms with E-state index in [1.165, 1.54) is 16.2 Å². The van der Waals surface area contributed by atoms with E-state index in [1.54, 1.807) is 6.07 Å². The second-order valence-electron chi connectivity index (χ2n) is 3.83. The van der Waals surface area contributed by atoms with E-state index < -0.39 is 5.91 Å². The maximum atomic E-state index is 11.6. The highest BCUT2D eigenvalue weighted by Crippen LogP contribution is 2.23. The first-order valence-corrected chi connectivity index (χ1v) is 5.98. The van der Waals surface area contributed by atoms with Gasteiger partial charge in [-0.3, -0.25) is 9.59 Å². The zero-order chi connectivity index (χ0) is 12.1. The molecule has 1 heterocycles. The molecule has 0 saturated heterocycles. The summed E-state index contributed by atoms with van der Waals surface area (Å²) in [6, 6.07) is 3.76. The van der Waals surface area contributed by atoms with E-state index in [9.17, 15) is 9.59 Å². The predicted octanol–water partition coefficient (Wildman–Crippen LogP) is 1.48. The van der Waals surface area contributed by atoms with E-state index in [1.807, 2.05) is 6.07 Å². The van der Waals surface area contributed by atoms with Gasteiger partial charge in [-0.2, -0.15) is 0 Å². The smallest absolute Gasteiger partial charge is 0.261 e. The SMILES string of the molecule is CC(C)c1ccc(C(=O)NCCC(N)=O)s1. The van der Waals surface area contributed by atoms with E-state index in [0.717, 1.165) is 0 Å². The molecule has 88 valence electrons. The Balaban J connectivity index is 2.49. The van der Waals surface area contributed by atoms with Crippen LogP contribution in [-0.4, -0.2) is 18.4 Å². The first-order valence-electron chi connectivity index (χ1n) is 5.17. The summed E-state index contributed by atoms with van der Waals surface area (Å²) in [5.41, 5.74) is 4.97. The molecule has 0 spiro atoms. The third kappa shape index (κ3) is 3.66. The molecule has 0 aliphatic rings. The molecular weight excluding hydrogens is 224 g/mol. The number of thiophene rings is 1. The molecule has 1 aromatic heterocycles. The number of rotatable bonds is 5. The fraction of sp³-hybridized carbons (Fsp3) is 0.455. The predicted molar refractivity (Wildman–Crippen MR) is 64.6 cm³/mol. The molecule has 0 unspecified atom stereocenters. The molecule has 4 nitrogen and oxygen atoms in total. The maximum Gasteiger partial charge on any atom is 0.261 e. The normalized spacial score (nSPS) is 10.4. The Morgan fingerprint density at radius 1 is 1.44 bits per heavy atom. The minimum atomic E-state index is -0.408. The number of hydrogen-bond acceptors (Lipinski definition) is 3. The van der Waals surface area contributed by atoms with Crippen LogP contribution < -0.4 is 11.1 Å². The highest BCUT2D eigenvalue weighted by molar-refractivity contribution is 7.14. The van der Waals surface area contributed by atoms with Crippen molar-refractivity contribution < 1.29 is 9.59 Å². The molecular formula is C11H16N2O2S. The molecule has 0 aliphatic carbocycles. The molecule has 0 bridgehead atoms. The molecule has 0 fully saturated rings. The molecule has 0 atom stereocenters. The highest BCUT2D eigenvalue weighted by atomic mass is 32.1. The summed E-state index contributed by atoms with van der Waals surface area (Å²) in [6.07, 6.45) is 0.175. The van der Waals surface area contributed by atoms with Crippen LogP contribution in [0.1, 0.15) is 40.7 Å². The number of nitrogens with one attached hydrogen (secondary N) is 1. The Labute approximate surface area is 98.8 Å². The van der Waals surface area contributed by atoms with E-state index in [-0.39, 0.29) is 12.3 Å². The van der Waals surface area contributed by atoms with Crippen molar-refractivity contribution >= 4 is 23.2 Å². The average Bonchev–Trinajstić information content (AvgIpc) is 2.65. The molecule has 2 amide bonds. The van der Waals surface area contributed by atoms with Gasteiger partial charge < -0.3 is 11.1 Å². The Bertz CT molecular complexity index is 385. The second kappa shape index (κ2) is 5.65. The molecule has 1 aromatic rings. The number of primary amides is 1. The monoisotopic (exact) mass is 240 g/mol. The van der Waals surface area contributed by atoms with Crippen LogP contribution in [0, 0.1) is 0 Å². The van der Waals surface area contributed by atoms with Gasteiger partial charge in [0.1, 0.15) is 0 Å². The van der Waals surface area contributed by atoms with E-state index in [2.05, 4.69) is 19.2 Å². The molecule has 0 aromatic carbocycles. The summed E-state index contributed by atoms with van der Waals surface area (Å²) in [7, 11) is 0. The number of hydrogen-bond donors (Lipinski definition) is 2. The molecule has 0 radical (unpaired) electrons. The van der Waals surface area contributed by atoms with Crippen LogP contribution in [0.15, 0.2) is 12.1 Å². The van der Waals surface area contributed by atoms with Crippen LogP contribution in [0.3, 0.4) is 0 Å². The molecule has 0 saturated carbocycles. The van der Waals surface area contributed by atoms with Gasteiger partial charge in [0.15, 0.2) is 0 Å². The van der Waals surface area contributed by atoms with E-state index >= 15 is 0 Å². The van der Waals surface area contributed by atoms with Gasteiger partial charge >= 0.3 is 0 Å². The number of carbonyl (C=O) groups excluding carboxylic acids is 2. The van der Waals surface area contributed by atoms with E-state index in [0.29, 0.717) is 17.3 Å². The fourth-order valence-corrected chi connectivity index (χ4v) is 2.10. The zero-order valence-electron chi connectivity index (χ0n) is 9.45. The summed E-state index contributed by atoms with van der Waals surface area (Å²) in [5, 5.41) is 2.65. The minimum Gasteiger partial charge on any atom is -0.370 e. The van der Waals surface area contributed by atoms with Gasteiger partial charge in [0.25, 0.3) is 5.91 Å². The standard InChI is InChI=1S/C11H16N2O2S/c1-7(2)8-3-4-9(16-8)11(15)13-6-5-10(12)14/h3-4,7H,5-6H2,1-2H3,(H2,12,14)(H,13,15). The third-order valence-electron chi connectivity index (χ3n) is 2.08. The summed E-state index contributed by atoms with van der Waals surface area (Å²) < 4.78 is 0. The molecule has 3 N–H and O–H groups in total. The largest absolute Gasteiger partial charge is 0.370 e. The number of nitrogens with two attached hydrogens (primary N) is 1. The average molecular weight is 240 g/mol. The van der Waals surface area contributed by atoms with Gasteiger partial charge in [0.05, 0.1) is 4.88 Å². The second-order valence-corrected chi connectivity index (χ2v) is 4.94. The van der Waals surface area contributed by atoms with Gasteiger partial charge in [0.2, 0.25) is 5.91 Å². The van der Waals surface area contributed by atoms with Crippen molar-refractivity contribution in [3.8, 4) is 0 Å². The van der Waals surface area contributed by atoms with Crippen LogP contribution in [0.5, 0.6) is 0 Å². The molecule has 16 heavy (non-hydrogen) atoms. The maximum absolute atomic E-state index is 11.6. The topological polar surface area (TPSA) is 72.2 Å². The van der Waals surface area contributed by atoms with Crippen molar-refractivity contribution in [1.82, 2.24) is 5.32 Å². The first-order chi connectivity index (χ1) is 7.50. The van der Waals surface area contributed by atoms with Crippen LogP contribution in [-0.2, 0) is 4.79 Å². The Kier molecular flexibility index (Phi) is 4.49. The summed E-state index contributed by atoms with van der Waals surface area (Å²) in [4.78, 5) is 23.9. The van der Waals surface area contributed by atoms with Crippen molar-refractivity contribution in [1.29, 1.82) is 0 Å². The summed E-state index contributed by atoms with van der Waals surface area (Å²) in [6.45, 7) is 4.46. The van der Waals surface area contributed by atoms with Crippen molar-refractivity contribution in [2.24, 2.45) is 5.73 Å². The van der Waals surface area contributed by atoms with Crippen LogP contribution in [0.4, 0.5) is 0 Å². The van der Waals surface area contributed by atoms with Crippen molar-refractivity contribution in [3.05, 3.63) is 21.9 Å². The molecule has 0 aliphatic heterocycles. The summed E-state index contributed by atoms with van der Waals surface area (Å²) >= 11 is 1.48. The lowest BCUT2D eigenvalue weighted by atomic mass is 10.2. The minimum absolute atomic E-state index is 0.141. The van der Waals surface area contributed by atoms with Crippen LogP contribution >= 0.6 is 11.3 Å². The quantitative estimate of drug-likeness (QED) is 0.818. The molecule has 1 rings (SSSR count). The van der Waals surface area contributed by atoms with Gasteiger partial charge in [-0.25, -0.2) is 0 Å². The lowest BCUT2D eigenvalue weighted by molar-refractivity contribution is -0.117. The van der Waals surface area contributed by atoms with Gasteiger partial charge in [-0.1, -0.05) is 13.8 Å². The third-order valence-corrected chi connectivity index (χ3v) is 3.46. The molecule has 5 heteroatoms. The zero-order valence-corrected chi connectivity index (χ0v) is 10.3. The Hall–Kier alpha value is -1.36. The number of amides is 2. The number of carbonyl (C=O) groups is 2. The summed E-state index contributed by atoms with van der Waals surface area (Å²) in [5.74, 6) is -0.121. The van der Waals surface area contributed by atoms with Crippen LogP contribution in [0.2, 0.25) is 0 Å². The Morgan fingerprint density at radius 2 is 2.12 bits per heavy atom. The van der Waals surface area contributed by atoms with Crippen LogP contribution in [0.25, 0.3) is 0 Å². The fourth-order valence-electron chi connectivity index (χ4n) is 1.17.